The van der Waals surface area contributed by atoms with E-state index in [0.717, 1.165) is 6.20 Å². The second-order valence-electron chi connectivity index (χ2n) is 5.06. The summed E-state index contributed by atoms with van der Waals surface area (Å²) in [6, 6.07) is 0. The highest BCUT2D eigenvalue weighted by Crippen LogP contribution is 2.24. The van der Waals surface area contributed by atoms with Crippen molar-refractivity contribution >= 4 is 17.6 Å². The zero-order chi connectivity index (χ0) is 15.6. The van der Waals surface area contributed by atoms with Crippen LogP contribution in [0.2, 0.25) is 0 Å². The van der Waals surface area contributed by atoms with E-state index < -0.39 is 4.92 Å². The van der Waals surface area contributed by atoms with Crippen molar-refractivity contribution in [2.45, 2.75) is 13.5 Å². The molecule has 0 N–H and O–H groups in total. The van der Waals surface area contributed by atoms with Gasteiger partial charge in [-0.1, -0.05) is 6.92 Å². The highest BCUT2D eigenvalue weighted by molar-refractivity contribution is 5.79. The smallest absolute Gasteiger partial charge is 0.310 e. The fourth-order valence-electron chi connectivity index (χ4n) is 2.40. The number of rotatable bonds is 4. The van der Waals surface area contributed by atoms with Gasteiger partial charge in [-0.25, -0.2) is 0 Å². The average molecular weight is 296 g/mol. The van der Waals surface area contributed by atoms with Crippen LogP contribution in [0.5, 0.6) is 0 Å². The number of ether oxygens (including phenoxy) is 1. The Morgan fingerprint density at radius 3 is 2.81 bits per heavy atom. The SMILES string of the molecule is COC(=O)C1CN(C(=O)Cn2cc([N+](=O)[O-])cn2)CC1C. The number of hydrogen-bond donors (Lipinski definition) is 0. The molecule has 2 rings (SSSR count). The van der Waals surface area contributed by atoms with Crippen LogP contribution in [0.1, 0.15) is 6.92 Å². The Hall–Kier alpha value is -2.45. The van der Waals surface area contributed by atoms with Crippen molar-refractivity contribution in [3.63, 3.8) is 0 Å². The average Bonchev–Trinajstić information content (AvgIpc) is 3.04. The Labute approximate surface area is 120 Å². The van der Waals surface area contributed by atoms with Gasteiger partial charge in [-0.2, -0.15) is 5.10 Å². The maximum atomic E-state index is 12.1. The molecule has 1 aromatic heterocycles. The van der Waals surface area contributed by atoms with Gasteiger partial charge in [0.05, 0.1) is 18.0 Å². The number of carbonyl (C=O) groups excluding carboxylic acids is 2. The third kappa shape index (κ3) is 3.18. The van der Waals surface area contributed by atoms with Crippen LogP contribution in [-0.2, 0) is 20.9 Å². The van der Waals surface area contributed by atoms with Crippen LogP contribution in [0, 0.1) is 22.0 Å². The summed E-state index contributed by atoms with van der Waals surface area (Å²) in [5.41, 5.74) is -0.162. The number of nitro groups is 1. The molecule has 0 radical (unpaired) electrons. The molecule has 0 aromatic carbocycles. The molecule has 0 aliphatic carbocycles. The fraction of sp³-hybridized carbons (Fsp3) is 0.583. The van der Waals surface area contributed by atoms with E-state index in [1.165, 1.54) is 18.0 Å². The van der Waals surface area contributed by atoms with Crippen LogP contribution in [0.25, 0.3) is 0 Å². The lowest BCUT2D eigenvalue weighted by atomic mass is 9.99. The minimum Gasteiger partial charge on any atom is -0.469 e. The van der Waals surface area contributed by atoms with Crippen molar-refractivity contribution in [3.05, 3.63) is 22.5 Å². The number of hydrogen-bond acceptors (Lipinski definition) is 6. The van der Waals surface area contributed by atoms with Gasteiger partial charge in [-0.3, -0.25) is 24.4 Å². The molecule has 114 valence electrons. The van der Waals surface area contributed by atoms with Crippen molar-refractivity contribution in [1.29, 1.82) is 0 Å². The largest absolute Gasteiger partial charge is 0.469 e. The summed E-state index contributed by atoms with van der Waals surface area (Å²) in [4.78, 5) is 35.3. The molecule has 2 unspecified atom stereocenters. The first-order chi connectivity index (χ1) is 9.92. The molecule has 0 bridgehead atoms. The lowest BCUT2D eigenvalue weighted by Gasteiger charge is -2.15. The van der Waals surface area contributed by atoms with Crippen LogP contribution in [0.3, 0.4) is 0 Å². The van der Waals surface area contributed by atoms with Crippen molar-refractivity contribution in [2.75, 3.05) is 20.2 Å². The second kappa shape index (κ2) is 5.90. The van der Waals surface area contributed by atoms with Crippen LogP contribution in [0.15, 0.2) is 12.4 Å². The Balaban J connectivity index is 1.98. The zero-order valence-electron chi connectivity index (χ0n) is 11.8. The van der Waals surface area contributed by atoms with Crippen LogP contribution in [0.4, 0.5) is 5.69 Å². The van der Waals surface area contributed by atoms with Crippen LogP contribution in [-0.4, -0.2) is 51.7 Å². The summed E-state index contributed by atoms with van der Waals surface area (Å²) >= 11 is 0. The van der Waals surface area contributed by atoms with Crippen LogP contribution >= 0.6 is 0 Å². The van der Waals surface area contributed by atoms with Crippen LogP contribution < -0.4 is 0 Å². The van der Waals surface area contributed by atoms with Gasteiger partial charge in [0, 0.05) is 13.1 Å². The summed E-state index contributed by atoms with van der Waals surface area (Å²) in [5, 5.41) is 14.3. The van der Waals surface area contributed by atoms with E-state index in [1.54, 1.807) is 4.90 Å². The molecule has 2 atom stereocenters. The van der Waals surface area contributed by atoms with Gasteiger partial charge in [-0.05, 0) is 5.92 Å². The third-order valence-electron chi connectivity index (χ3n) is 3.60. The molecular formula is C12H16N4O5. The topological polar surface area (TPSA) is 108 Å². The minimum atomic E-state index is -0.570. The standard InChI is InChI=1S/C12H16N4O5/c1-8-4-14(6-10(8)12(18)21-2)11(17)7-15-5-9(3-13-15)16(19)20/h3,5,8,10H,4,6-7H2,1-2H3. The van der Waals surface area contributed by atoms with Crippen molar-refractivity contribution in [3.8, 4) is 0 Å². The van der Waals surface area contributed by atoms with E-state index in [2.05, 4.69) is 5.10 Å². The fourth-order valence-corrected chi connectivity index (χ4v) is 2.40. The molecule has 0 spiro atoms. The van der Waals surface area contributed by atoms with Gasteiger partial charge >= 0.3 is 11.7 Å². The summed E-state index contributed by atoms with van der Waals surface area (Å²) in [5.74, 6) is -0.863. The second-order valence-corrected chi connectivity index (χ2v) is 5.06. The van der Waals surface area contributed by atoms with E-state index in [1.807, 2.05) is 6.92 Å². The highest BCUT2D eigenvalue weighted by atomic mass is 16.6. The van der Waals surface area contributed by atoms with Gasteiger partial charge in [0.25, 0.3) is 0 Å². The normalized spacial score (nSPS) is 21.3. The third-order valence-corrected chi connectivity index (χ3v) is 3.60. The van der Waals surface area contributed by atoms with Crippen molar-refractivity contribution in [1.82, 2.24) is 14.7 Å². The summed E-state index contributed by atoms with van der Waals surface area (Å²) in [7, 11) is 1.32. The molecular weight excluding hydrogens is 280 g/mol. The molecule has 9 heteroatoms. The maximum absolute atomic E-state index is 12.1. The van der Waals surface area contributed by atoms with Crippen molar-refractivity contribution < 1.29 is 19.2 Å². The molecule has 1 fully saturated rings. The molecule has 2 heterocycles. The summed E-state index contributed by atoms with van der Waals surface area (Å²) in [6.45, 7) is 2.56. The van der Waals surface area contributed by atoms with Gasteiger partial charge in [0.1, 0.15) is 18.9 Å². The predicted molar refractivity (Wildman–Crippen MR) is 70.1 cm³/mol. The molecule has 21 heavy (non-hydrogen) atoms. The number of carbonyl (C=O) groups is 2. The molecule has 1 saturated heterocycles. The zero-order valence-corrected chi connectivity index (χ0v) is 11.8. The Morgan fingerprint density at radius 1 is 1.52 bits per heavy atom. The molecule has 1 amide bonds. The maximum Gasteiger partial charge on any atom is 0.310 e. The molecule has 1 aliphatic heterocycles. The Morgan fingerprint density at radius 2 is 2.24 bits per heavy atom. The monoisotopic (exact) mass is 296 g/mol. The first-order valence-corrected chi connectivity index (χ1v) is 6.44. The number of esters is 1. The van der Waals surface area contributed by atoms with Gasteiger partial charge in [0.2, 0.25) is 5.91 Å². The summed E-state index contributed by atoms with van der Waals surface area (Å²) in [6.07, 6.45) is 2.30. The molecule has 0 saturated carbocycles. The highest BCUT2D eigenvalue weighted by Gasteiger charge is 2.37. The van der Waals surface area contributed by atoms with E-state index >= 15 is 0 Å². The van der Waals surface area contributed by atoms with E-state index in [9.17, 15) is 19.7 Å². The molecule has 1 aromatic rings. The number of aromatic nitrogens is 2. The molecule has 9 nitrogen and oxygen atoms in total. The number of methoxy groups -OCH3 is 1. The number of likely N-dealkylation sites (tertiary alicyclic amines) is 1. The Bertz CT molecular complexity index is 570. The first-order valence-electron chi connectivity index (χ1n) is 6.44. The lowest BCUT2D eigenvalue weighted by Crippen LogP contribution is -2.33. The molecule has 1 aliphatic rings. The summed E-state index contributed by atoms with van der Waals surface area (Å²) < 4.78 is 5.93. The number of nitrogens with zero attached hydrogens (tertiary/aromatic N) is 4. The first kappa shape index (κ1) is 14.9. The van der Waals surface area contributed by atoms with Gasteiger partial charge < -0.3 is 9.64 Å². The minimum absolute atomic E-state index is 0.0216. The van der Waals surface area contributed by atoms with E-state index in [0.29, 0.717) is 13.1 Å². The number of amides is 1. The van der Waals surface area contributed by atoms with E-state index in [4.69, 9.17) is 4.74 Å². The Kier molecular flexibility index (Phi) is 4.20. The lowest BCUT2D eigenvalue weighted by molar-refractivity contribution is -0.385. The van der Waals surface area contributed by atoms with E-state index in [-0.39, 0.29) is 35.9 Å². The van der Waals surface area contributed by atoms with Gasteiger partial charge in [0.15, 0.2) is 0 Å². The van der Waals surface area contributed by atoms with Crippen molar-refractivity contribution in [2.24, 2.45) is 11.8 Å². The van der Waals surface area contributed by atoms with Gasteiger partial charge in [-0.15, -0.1) is 0 Å². The predicted octanol–water partition coefficient (Wildman–Crippen LogP) is 0.0588. The quantitative estimate of drug-likeness (QED) is 0.441.